The number of hydrogen-bond donors (Lipinski definition) is 2. The van der Waals surface area contributed by atoms with E-state index in [2.05, 4.69) is 10.3 Å². The number of nitrogens with zero attached hydrogens (tertiary/aromatic N) is 1. The quantitative estimate of drug-likeness (QED) is 0.653. The van der Waals surface area contributed by atoms with Crippen LogP contribution in [0.5, 0.6) is 5.75 Å². The number of aromatic hydroxyl groups is 1. The Morgan fingerprint density at radius 2 is 1.96 bits per heavy atom. The number of para-hydroxylation sites is 1. The minimum atomic E-state index is -0.752. The van der Waals surface area contributed by atoms with E-state index in [9.17, 15) is 14.7 Å². The van der Waals surface area contributed by atoms with Gasteiger partial charge in [-0.25, -0.2) is 9.78 Å². The second kappa shape index (κ2) is 8.01. The van der Waals surface area contributed by atoms with Gasteiger partial charge in [0.15, 0.2) is 6.61 Å². The highest BCUT2D eigenvalue weighted by Gasteiger charge is 2.15. The molecule has 0 aliphatic rings. The Bertz CT molecular complexity index is 997. The summed E-state index contributed by atoms with van der Waals surface area (Å²) in [6.45, 7) is 3.15. The lowest BCUT2D eigenvalue weighted by Gasteiger charge is -2.09. The largest absolute Gasteiger partial charge is 0.507 e. The SMILES string of the molecule is Cc1nc(-c2cccc(NC(=O)COC(=O)c3cccc(C)c3O)c2)cs1. The molecule has 138 valence electrons. The van der Waals surface area contributed by atoms with Crippen LogP contribution >= 0.6 is 11.3 Å². The van der Waals surface area contributed by atoms with Gasteiger partial charge in [-0.05, 0) is 37.6 Å². The summed E-state index contributed by atoms with van der Waals surface area (Å²) in [7, 11) is 0. The zero-order valence-electron chi connectivity index (χ0n) is 14.9. The maximum absolute atomic E-state index is 12.1. The Hall–Kier alpha value is -3.19. The molecule has 0 aliphatic carbocycles. The number of phenols is 1. The lowest BCUT2D eigenvalue weighted by molar-refractivity contribution is -0.119. The van der Waals surface area contributed by atoms with Crippen molar-refractivity contribution in [1.82, 2.24) is 4.98 Å². The Morgan fingerprint density at radius 3 is 2.70 bits per heavy atom. The van der Waals surface area contributed by atoms with Gasteiger partial charge in [-0.2, -0.15) is 0 Å². The summed E-state index contributed by atoms with van der Waals surface area (Å²) in [6.07, 6.45) is 0. The average molecular weight is 382 g/mol. The maximum Gasteiger partial charge on any atom is 0.342 e. The number of carbonyl (C=O) groups excluding carboxylic acids is 2. The van der Waals surface area contributed by atoms with Crippen molar-refractivity contribution >= 4 is 28.9 Å². The average Bonchev–Trinajstić information content (AvgIpc) is 3.09. The fourth-order valence-corrected chi connectivity index (χ4v) is 3.10. The topological polar surface area (TPSA) is 88.5 Å². The van der Waals surface area contributed by atoms with Crippen LogP contribution in [0.4, 0.5) is 5.69 Å². The molecule has 2 aromatic carbocycles. The second-order valence-corrected chi connectivity index (χ2v) is 6.99. The molecule has 7 heteroatoms. The molecular weight excluding hydrogens is 364 g/mol. The van der Waals surface area contributed by atoms with Gasteiger partial charge in [0, 0.05) is 16.6 Å². The number of rotatable bonds is 5. The Labute approximate surface area is 160 Å². The molecule has 0 spiro atoms. The molecule has 27 heavy (non-hydrogen) atoms. The molecule has 3 rings (SSSR count). The molecule has 2 N–H and O–H groups in total. The lowest BCUT2D eigenvalue weighted by atomic mass is 10.1. The number of aromatic nitrogens is 1. The third-order valence-electron chi connectivity index (χ3n) is 3.85. The van der Waals surface area contributed by atoms with Crippen LogP contribution in [0, 0.1) is 13.8 Å². The van der Waals surface area contributed by atoms with Crippen molar-refractivity contribution in [3.05, 3.63) is 64.0 Å². The van der Waals surface area contributed by atoms with Crippen molar-refractivity contribution in [2.24, 2.45) is 0 Å². The number of aryl methyl sites for hydroxylation is 2. The summed E-state index contributed by atoms with van der Waals surface area (Å²) in [4.78, 5) is 28.6. The molecule has 0 saturated heterocycles. The van der Waals surface area contributed by atoms with Gasteiger partial charge in [0.1, 0.15) is 11.3 Å². The highest BCUT2D eigenvalue weighted by atomic mass is 32.1. The standard InChI is InChI=1S/C20H18N2O4S/c1-12-5-3-8-16(19(12)24)20(25)26-10-18(23)22-15-7-4-6-14(9-15)17-11-27-13(2)21-17/h3-9,11,24H,10H2,1-2H3,(H,22,23). The van der Waals surface area contributed by atoms with Crippen molar-refractivity contribution in [2.75, 3.05) is 11.9 Å². The van der Waals surface area contributed by atoms with E-state index in [1.54, 1.807) is 42.5 Å². The first-order valence-electron chi connectivity index (χ1n) is 8.22. The normalized spacial score (nSPS) is 10.4. The molecule has 0 saturated carbocycles. The number of nitrogens with one attached hydrogen (secondary N) is 1. The van der Waals surface area contributed by atoms with Gasteiger partial charge in [-0.15, -0.1) is 11.3 Å². The molecule has 0 atom stereocenters. The summed E-state index contributed by atoms with van der Waals surface area (Å²) in [5.74, 6) is -1.37. The van der Waals surface area contributed by atoms with E-state index in [-0.39, 0.29) is 11.3 Å². The van der Waals surface area contributed by atoms with E-state index in [1.165, 1.54) is 6.07 Å². The van der Waals surface area contributed by atoms with Crippen molar-refractivity contribution in [3.63, 3.8) is 0 Å². The van der Waals surface area contributed by atoms with Crippen LogP contribution < -0.4 is 5.32 Å². The van der Waals surface area contributed by atoms with Crippen LogP contribution in [0.2, 0.25) is 0 Å². The van der Waals surface area contributed by atoms with E-state index in [1.807, 2.05) is 24.4 Å². The maximum atomic E-state index is 12.1. The Kier molecular flexibility index (Phi) is 5.52. The van der Waals surface area contributed by atoms with Gasteiger partial charge in [-0.1, -0.05) is 24.3 Å². The molecular formula is C20H18N2O4S. The number of carbonyl (C=O) groups is 2. The van der Waals surface area contributed by atoms with Crippen LogP contribution in [0.1, 0.15) is 20.9 Å². The van der Waals surface area contributed by atoms with Crippen molar-refractivity contribution in [2.45, 2.75) is 13.8 Å². The predicted molar refractivity (Wildman–Crippen MR) is 104 cm³/mol. The number of anilines is 1. The number of benzene rings is 2. The molecule has 1 heterocycles. The first-order valence-corrected chi connectivity index (χ1v) is 9.10. The minimum absolute atomic E-state index is 0.0312. The van der Waals surface area contributed by atoms with E-state index >= 15 is 0 Å². The fraction of sp³-hybridized carbons (Fsp3) is 0.150. The zero-order valence-corrected chi connectivity index (χ0v) is 15.7. The Morgan fingerprint density at radius 1 is 1.19 bits per heavy atom. The Balaban J connectivity index is 1.61. The first-order chi connectivity index (χ1) is 12.9. The molecule has 0 unspecified atom stereocenters. The summed E-state index contributed by atoms with van der Waals surface area (Å²) < 4.78 is 4.99. The summed E-state index contributed by atoms with van der Waals surface area (Å²) >= 11 is 1.55. The van der Waals surface area contributed by atoms with Crippen LogP contribution in [0.15, 0.2) is 47.8 Å². The summed E-state index contributed by atoms with van der Waals surface area (Å²) in [6, 6.07) is 12.0. The van der Waals surface area contributed by atoms with Gasteiger partial charge in [0.2, 0.25) is 0 Å². The lowest BCUT2D eigenvalue weighted by Crippen LogP contribution is -2.21. The summed E-state index contributed by atoms with van der Waals surface area (Å²) in [5, 5.41) is 15.5. The van der Waals surface area contributed by atoms with E-state index in [4.69, 9.17) is 4.74 Å². The van der Waals surface area contributed by atoms with Crippen molar-refractivity contribution in [1.29, 1.82) is 0 Å². The molecule has 0 aliphatic heterocycles. The van der Waals surface area contributed by atoms with E-state index in [0.717, 1.165) is 16.3 Å². The first kappa shape index (κ1) is 18.6. The number of hydrogen-bond acceptors (Lipinski definition) is 6. The van der Waals surface area contributed by atoms with Gasteiger partial charge in [-0.3, -0.25) is 4.79 Å². The van der Waals surface area contributed by atoms with Crippen LogP contribution in [-0.2, 0) is 9.53 Å². The molecule has 3 aromatic rings. The van der Waals surface area contributed by atoms with Crippen LogP contribution in [0.3, 0.4) is 0 Å². The van der Waals surface area contributed by atoms with E-state index < -0.39 is 18.5 Å². The smallest absolute Gasteiger partial charge is 0.342 e. The summed E-state index contributed by atoms with van der Waals surface area (Å²) in [5.41, 5.74) is 2.90. The molecule has 0 radical (unpaired) electrons. The molecule has 0 bridgehead atoms. The second-order valence-electron chi connectivity index (χ2n) is 5.93. The van der Waals surface area contributed by atoms with Gasteiger partial charge >= 0.3 is 5.97 Å². The zero-order chi connectivity index (χ0) is 19.4. The highest BCUT2D eigenvalue weighted by Crippen LogP contribution is 2.24. The number of esters is 1. The van der Waals surface area contributed by atoms with E-state index in [0.29, 0.717) is 11.3 Å². The third-order valence-corrected chi connectivity index (χ3v) is 4.63. The number of phenolic OH excluding ortho intramolecular Hbond substituents is 1. The van der Waals surface area contributed by atoms with Crippen molar-refractivity contribution in [3.8, 4) is 17.0 Å². The molecule has 1 amide bonds. The fourth-order valence-electron chi connectivity index (χ4n) is 2.48. The van der Waals surface area contributed by atoms with Gasteiger partial charge in [0.05, 0.1) is 10.7 Å². The van der Waals surface area contributed by atoms with Crippen LogP contribution in [0.25, 0.3) is 11.3 Å². The monoisotopic (exact) mass is 382 g/mol. The van der Waals surface area contributed by atoms with Crippen LogP contribution in [-0.4, -0.2) is 28.6 Å². The van der Waals surface area contributed by atoms with Crippen molar-refractivity contribution < 1.29 is 19.4 Å². The molecule has 1 aromatic heterocycles. The third kappa shape index (κ3) is 4.51. The van der Waals surface area contributed by atoms with Gasteiger partial charge in [0.25, 0.3) is 5.91 Å². The minimum Gasteiger partial charge on any atom is -0.507 e. The number of thiazole rings is 1. The number of amides is 1. The predicted octanol–water partition coefficient (Wildman–Crippen LogP) is 3.93. The molecule has 0 fully saturated rings. The number of ether oxygens (including phenoxy) is 1. The van der Waals surface area contributed by atoms with Gasteiger partial charge < -0.3 is 15.2 Å². The highest BCUT2D eigenvalue weighted by molar-refractivity contribution is 7.09. The molecule has 6 nitrogen and oxygen atoms in total.